The van der Waals surface area contributed by atoms with E-state index in [1.807, 2.05) is 36.4 Å². The quantitative estimate of drug-likeness (QED) is 0.874. The second-order valence-corrected chi connectivity index (χ2v) is 5.45. The molecule has 0 bridgehead atoms. The molecule has 1 aliphatic rings. The molecule has 1 heterocycles. The molecule has 1 aliphatic heterocycles. The van der Waals surface area contributed by atoms with E-state index in [0.717, 1.165) is 16.9 Å². The van der Waals surface area contributed by atoms with Gasteiger partial charge in [-0.25, -0.2) is 0 Å². The van der Waals surface area contributed by atoms with Gasteiger partial charge >= 0.3 is 0 Å². The zero-order valence-corrected chi connectivity index (χ0v) is 13.2. The van der Waals surface area contributed by atoms with E-state index < -0.39 is 0 Å². The highest BCUT2D eigenvalue weighted by Gasteiger charge is 2.10. The lowest BCUT2D eigenvalue weighted by molar-refractivity contribution is -0.116. The lowest BCUT2D eigenvalue weighted by Gasteiger charge is -2.18. The minimum absolute atomic E-state index is 0.181. The first-order valence-electron chi connectivity index (χ1n) is 7.31. The van der Waals surface area contributed by atoms with Gasteiger partial charge in [0, 0.05) is 17.6 Å². The van der Waals surface area contributed by atoms with Gasteiger partial charge in [-0.15, -0.1) is 0 Å². The van der Waals surface area contributed by atoms with Crippen molar-refractivity contribution in [2.45, 2.75) is 6.54 Å². The zero-order valence-electron chi connectivity index (χ0n) is 12.4. The van der Waals surface area contributed by atoms with Crippen LogP contribution in [0.2, 0.25) is 5.02 Å². The Hall–Kier alpha value is -2.46. The van der Waals surface area contributed by atoms with Crippen LogP contribution in [0.15, 0.2) is 48.5 Å². The molecule has 1 N–H and O–H groups in total. The Balaban J connectivity index is 1.59. The van der Waals surface area contributed by atoms with E-state index >= 15 is 0 Å². The van der Waals surface area contributed by atoms with Gasteiger partial charge in [0.15, 0.2) is 11.5 Å². The molecule has 1 amide bonds. The highest BCUT2D eigenvalue weighted by atomic mass is 35.5. The van der Waals surface area contributed by atoms with Crippen LogP contribution < -0.4 is 14.8 Å². The monoisotopic (exact) mass is 329 g/mol. The van der Waals surface area contributed by atoms with E-state index in [9.17, 15) is 4.79 Å². The summed E-state index contributed by atoms with van der Waals surface area (Å²) in [6.07, 6.45) is 3.22. The number of carbonyl (C=O) groups excluding carboxylic acids is 1. The Labute approximate surface area is 139 Å². The van der Waals surface area contributed by atoms with E-state index in [1.165, 1.54) is 6.08 Å². The molecule has 0 radical (unpaired) electrons. The summed E-state index contributed by atoms with van der Waals surface area (Å²) >= 11 is 6.05. The van der Waals surface area contributed by atoms with Gasteiger partial charge in [0.25, 0.3) is 0 Å². The molecule has 3 rings (SSSR count). The van der Waals surface area contributed by atoms with Gasteiger partial charge in [0.1, 0.15) is 13.2 Å². The summed E-state index contributed by atoms with van der Waals surface area (Å²) < 4.78 is 11.0. The number of benzene rings is 2. The number of nitrogens with one attached hydrogen (secondary N) is 1. The van der Waals surface area contributed by atoms with E-state index in [2.05, 4.69) is 5.32 Å². The molecular weight excluding hydrogens is 314 g/mol. The largest absolute Gasteiger partial charge is 0.486 e. The van der Waals surface area contributed by atoms with E-state index in [1.54, 1.807) is 12.1 Å². The number of fused-ring (bicyclic) bond motifs is 1. The lowest BCUT2D eigenvalue weighted by atomic mass is 10.1. The van der Waals surface area contributed by atoms with Crippen molar-refractivity contribution in [1.29, 1.82) is 0 Å². The molecule has 0 saturated carbocycles. The summed E-state index contributed by atoms with van der Waals surface area (Å²) in [6.45, 7) is 1.50. The van der Waals surface area contributed by atoms with Crippen LogP contribution in [0.1, 0.15) is 11.1 Å². The van der Waals surface area contributed by atoms with Crippen molar-refractivity contribution in [1.82, 2.24) is 5.32 Å². The van der Waals surface area contributed by atoms with Gasteiger partial charge in [0.05, 0.1) is 0 Å². The van der Waals surface area contributed by atoms with Crippen LogP contribution >= 0.6 is 11.6 Å². The summed E-state index contributed by atoms with van der Waals surface area (Å²) in [4.78, 5) is 11.9. The standard InChI is InChI=1S/C18H16ClNO3/c19-15-4-2-1-3-14(15)12-20-18(21)8-6-13-5-7-16-17(11-13)23-10-9-22-16/h1-8,11H,9-10,12H2,(H,20,21). The van der Waals surface area contributed by atoms with Gasteiger partial charge in [-0.3, -0.25) is 4.79 Å². The van der Waals surface area contributed by atoms with Gasteiger partial charge in [-0.1, -0.05) is 35.9 Å². The van der Waals surface area contributed by atoms with Gasteiger partial charge in [-0.2, -0.15) is 0 Å². The lowest BCUT2D eigenvalue weighted by Crippen LogP contribution is -2.20. The normalized spacial score (nSPS) is 13.1. The topological polar surface area (TPSA) is 47.6 Å². The first kappa shape index (κ1) is 15.4. The van der Waals surface area contributed by atoms with Crippen molar-refractivity contribution in [3.05, 3.63) is 64.7 Å². The zero-order chi connectivity index (χ0) is 16.1. The van der Waals surface area contributed by atoms with E-state index in [0.29, 0.717) is 30.5 Å². The van der Waals surface area contributed by atoms with Gasteiger partial charge in [0.2, 0.25) is 5.91 Å². The second-order valence-electron chi connectivity index (χ2n) is 5.05. The number of hydrogen-bond donors (Lipinski definition) is 1. The number of ether oxygens (including phenoxy) is 2. The molecule has 118 valence electrons. The van der Waals surface area contributed by atoms with Crippen molar-refractivity contribution >= 4 is 23.6 Å². The van der Waals surface area contributed by atoms with Crippen LogP contribution in [0.3, 0.4) is 0 Å². The molecule has 2 aromatic rings. The molecule has 0 fully saturated rings. The molecule has 0 atom stereocenters. The van der Waals surface area contributed by atoms with Gasteiger partial charge < -0.3 is 14.8 Å². The van der Waals surface area contributed by atoms with Crippen LogP contribution in [-0.4, -0.2) is 19.1 Å². The second kappa shape index (κ2) is 7.20. The Morgan fingerprint density at radius 2 is 1.91 bits per heavy atom. The Bertz CT molecular complexity index is 743. The van der Waals surface area contributed by atoms with Gasteiger partial charge in [-0.05, 0) is 35.4 Å². The molecule has 0 aliphatic carbocycles. The Kier molecular flexibility index (Phi) is 4.83. The maximum absolute atomic E-state index is 11.9. The van der Waals surface area contributed by atoms with Crippen LogP contribution in [0.5, 0.6) is 11.5 Å². The first-order valence-corrected chi connectivity index (χ1v) is 7.69. The summed E-state index contributed by atoms with van der Waals surface area (Å²) in [5, 5.41) is 3.45. The average Bonchev–Trinajstić information content (AvgIpc) is 2.59. The molecular formula is C18H16ClNO3. The fourth-order valence-corrected chi connectivity index (χ4v) is 2.42. The summed E-state index contributed by atoms with van der Waals surface area (Å²) in [5.74, 6) is 1.26. The molecule has 2 aromatic carbocycles. The summed E-state index contributed by atoms with van der Waals surface area (Å²) in [5.41, 5.74) is 1.76. The number of amides is 1. The maximum Gasteiger partial charge on any atom is 0.244 e. The highest BCUT2D eigenvalue weighted by molar-refractivity contribution is 6.31. The number of carbonyl (C=O) groups is 1. The van der Waals surface area contributed by atoms with Crippen molar-refractivity contribution in [3.8, 4) is 11.5 Å². The molecule has 23 heavy (non-hydrogen) atoms. The van der Waals surface area contributed by atoms with Crippen LogP contribution in [0.4, 0.5) is 0 Å². The Morgan fingerprint density at radius 1 is 1.13 bits per heavy atom. The van der Waals surface area contributed by atoms with E-state index in [-0.39, 0.29) is 5.91 Å². The summed E-state index contributed by atoms with van der Waals surface area (Å²) in [6, 6.07) is 13.0. The Morgan fingerprint density at radius 3 is 2.74 bits per heavy atom. The number of hydrogen-bond acceptors (Lipinski definition) is 3. The van der Waals surface area contributed by atoms with Crippen LogP contribution in [0.25, 0.3) is 6.08 Å². The third kappa shape index (κ3) is 4.05. The molecule has 4 nitrogen and oxygen atoms in total. The predicted octanol–water partition coefficient (Wildman–Crippen LogP) is 3.44. The van der Waals surface area contributed by atoms with Crippen molar-refractivity contribution < 1.29 is 14.3 Å². The molecule has 0 unspecified atom stereocenters. The van der Waals surface area contributed by atoms with Crippen molar-refractivity contribution in [2.75, 3.05) is 13.2 Å². The van der Waals surface area contributed by atoms with Crippen LogP contribution in [0, 0.1) is 0 Å². The molecule has 0 saturated heterocycles. The maximum atomic E-state index is 11.9. The summed E-state index contributed by atoms with van der Waals surface area (Å²) in [7, 11) is 0. The highest BCUT2D eigenvalue weighted by Crippen LogP contribution is 2.31. The SMILES string of the molecule is O=C(C=Cc1ccc2c(c1)OCCO2)NCc1ccccc1Cl. The van der Waals surface area contributed by atoms with Crippen LogP contribution in [-0.2, 0) is 11.3 Å². The third-order valence-electron chi connectivity index (χ3n) is 3.40. The third-order valence-corrected chi connectivity index (χ3v) is 3.77. The fraction of sp³-hybridized carbons (Fsp3) is 0.167. The molecule has 0 spiro atoms. The fourth-order valence-electron chi connectivity index (χ4n) is 2.22. The van der Waals surface area contributed by atoms with Crippen molar-refractivity contribution in [2.24, 2.45) is 0 Å². The number of halogens is 1. The molecule has 5 heteroatoms. The first-order chi connectivity index (χ1) is 11.2. The predicted molar refractivity (Wildman–Crippen MR) is 89.8 cm³/mol. The minimum Gasteiger partial charge on any atom is -0.486 e. The molecule has 0 aromatic heterocycles. The van der Waals surface area contributed by atoms with E-state index in [4.69, 9.17) is 21.1 Å². The van der Waals surface area contributed by atoms with Crippen molar-refractivity contribution in [3.63, 3.8) is 0 Å². The average molecular weight is 330 g/mol. The smallest absolute Gasteiger partial charge is 0.244 e. The minimum atomic E-state index is -0.181. The number of rotatable bonds is 4.